The van der Waals surface area contributed by atoms with Crippen LogP contribution in [0, 0.1) is 0 Å². The van der Waals surface area contributed by atoms with Crippen LogP contribution in [0.1, 0.15) is 55.3 Å². The number of anilines is 1. The van der Waals surface area contributed by atoms with Gasteiger partial charge < -0.3 is 20.3 Å². The highest BCUT2D eigenvalue weighted by Gasteiger charge is 2.22. The molecule has 1 aromatic carbocycles. The quantitative estimate of drug-likeness (QED) is 0.749. The Kier molecular flexibility index (Phi) is 6.32. The number of rotatable bonds is 6. The Balaban J connectivity index is 1.47. The van der Waals surface area contributed by atoms with Gasteiger partial charge in [0.15, 0.2) is 0 Å². The van der Waals surface area contributed by atoms with Gasteiger partial charge in [0.2, 0.25) is 11.8 Å². The highest BCUT2D eigenvalue weighted by Crippen LogP contribution is 2.24. The van der Waals surface area contributed by atoms with E-state index in [9.17, 15) is 14.4 Å². The number of ether oxygens (including phenoxy) is 1. The molecule has 1 fully saturated rings. The molecule has 1 aromatic rings. The Labute approximate surface area is 159 Å². The first-order valence-electron chi connectivity index (χ1n) is 9.65. The van der Waals surface area contributed by atoms with Gasteiger partial charge in [-0.15, -0.1) is 0 Å². The van der Waals surface area contributed by atoms with Gasteiger partial charge in [-0.2, -0.15) is 0 Å². The van der Waals surface area contributed by atoms with Gasteiger partial charge in [0.25, 0.3) is 5.91 Å². The van der Waals surface area contributed by atoms with E-state index in [2.05, 4.69) is 10.6 Å². The third kappa shape index (κ3) is 4.99. The van der Waals surface area contributed by atoms with E-state index in [1.807, 2.05) is 11.9 Å². The van der Waals surface area contributed by atoms with Crippen LogP contribution < -0.4 is 15.4 Å². The molecule has 146 valence electrons. The second kappa shape index (κ2) is 8.88. The van der Waals surface area contributed by atoms with Crippen molar-refractivity contribution in [1.29, 1.82) is 0 Å². The summed E-state index contributed by atoms with van der Waals surface area (Å²) >= 11 is 0. The molecule has 0 aromatic heterocycles. The first-order valence-corrected chi connectivity index (χ1v) is 9.65. The number of benzene rings is 1. The molecule has 1 saturated carbocycles. The maximum Gasteiger partial charge on any atom is 0.253 e. The molecule has 0 radical (unpaired) electrons. The lowest BCUT2D eigenvalue weighted by atomic mass is 9.94. The fourth-order valence-corrected chi connectivity index (χ4v) is 3.62. The van der Waals surface area contributed by atoms with Crippen LogP contribution in [-0.4, -0.2) is 48.9 Å². The predicted molar refractivity (Wildman–Crippen MR) is 102 cm³/mol. The number of nitrogens with zero attached hydrogens (tertiary/aromatic N) is 1. The molecule has 27 heavy (non-hydrogen) atoms. The smallest absolute Gasteiger partial charge is 0.253 e. The summed E-state index contributed by atoms with van der Waals surface area (Å²) in [5, 5.41) is 5.22. The van der Waals surface area contributed by atoms with Gasteiger partial charge in [0.05, 0.1) is 24.4 Å². The molecule has 1 heterocycles. The minimum Gasteiger partial charge on any atom is -0.494 e. The van der Waals surface area contributed by atoms with Crippen LogP contribution in [0.3, 0.4) is 0 Å². The third-order valence-electron chi connectivity index (χ3n) is 5.24. The van der Waals surface area contributed by atoms with Crippen molar-refractivity contribution in [3.05, 3.63) is 23.8 Å². The van der Waals surface area contributed by atoms with E-state index >= 15 is 0 Å². The molecule has 7 nitrogen and oxygen atoms in total. The molecule has 0 spiro atoms. The molecule has 1 aliphatic carbocycles. The Morgan fingerprint density at radius 1 is 1.22 bits per heavy atom. The second-order valence-corrected chi connectivity index (χ2v) is 7.19. The first kappa shape index (κ1) is 19.2. The van der Waals surface area contributed by atoms with Crippen LogP contribution >= 0.6 is 0 Å². The predicted octanol–water partition coefficient (Wildman–Crippen LogP) is 2.32. The van der Waals surface area contributed by atoms with Gasteiger partial charge in [-0.3, -0.25) is 14.4 Å². The minimum absolute atomic E-state index is 0.0413. The van der Waals surface area contributed by atoms with Gasteiger partial charge in [0, 0.05) is 19.5 Å². The average Bonchev–Trinajstić information content (AvgIpc) is 2.83. The van der Waals surface area contributed by atoms with Gasteiger partial charge in [-0.05, 0) is 37.5 Å². The summed E-state index contributed by atoms with van der Waals surface area (Å²) in [5.41, 5.74) is 0.859. The van der Waals surface area contributed by atoms with Crippen molar-refractivity contribution in [2.24, 2.45) is 0 Å². The van der Waals surface area contributed by atoms with Crippen molar-refractivity contribution in [1.82, 2.24) is 10.2 Å². The lowest BCUT2D eigenvalue weighted by molar-refractivity contribution is -0.132. The van der Waals surface area contributed by atoms with E-state index in [0.717, 1.165) is 12.8 Å². The van der Waals surface area contributed by atoms with Crippen molar-refractivity contribution < 1.29 is 19.1 Å². The fraction of sp³-hybridized carbons (Fsp3) is 0.550. The number of nitrogens with one attached hydrogen (secondary N) is 2. The first-order chi connectivity index (χ1) is 13.0. The monoisotopic (exact) mass is 373 g/mol. The molecular weight excluding hydrogens is 346 g/mol. The van der Waals surface area contributed by atoms with Crippen molar-refractivity contribution in [3.63, 3.8) is 0 Å². The van der Waals surface area contributed by atoms with Crippen LogP contribution in [0.15, 0.2) is 18.2 Å². The summed E-state index contributed by atoms with van der Waals surface area (Å²) in [4.78, 5) is 37.8. The number of hydrogen-bond acceptors (Lipinski definition) is 4. The fourth-order valence-electron chi connectivity index (χ4n) is 3.62. The summed E-state index contributed by atoms with van der Waals surface area (Å²) < 4.78 is 5.70. The molecule has 0 unspecified atom stereocenters. The zero-order valence-corrected chi connectivity index (χ0v) is 15.8. The molecule has 2 aliphatic rings. The maximum atomic E-state index is 12.3. The average molecular weight is 373 g/mol. The summed E-state index contributed by atoms with van der Waals surface area (Å²) in [6, 6.07) is 5.38. The number of amides is 3. The normalized spacial score (nSPS) is 17.4. The third-order valence-corrected chi connectivity index (χ3v) is 5.24. The lowest BCUT2D eigenvalue weighted by Crippen LogP contribution is -2.38. The molecule has 0 bridgehead atoms. The summed E-state index contributed by atoms with van der Waals surface area (Å²) in [6.07, 6.45) is 6.97. The van der Waals surface area contributed by atoms with Crippen LogP contribution in [0.4, 0.5) is 5.69 Å². The van der Waals surface area contributed by atoms with Gasteiger partial charge >= 0.3 is 0 Å². The lowest BCUT2D eigenvalue weighted by Gasteiger charge is -2.31. The zero-order chi connectivity index (χ0) is 19.2. The maximum absolute atomic E-state index is 12.3. The van der Waals surface area contributed by atoms with E-state index in [4.69, 9.17) is 4.74 Å². The van der Waals surface area contributed by atoms with E-state index in [0.29, 0.717) is 42.5 Å². The van der Waals surface area contributed by atoms with E-state index in [1.54, 1.807) is 18.2 Å². The molecule has 2 N–H and O–H groups in total. The molecule has 7 heteroatoms. The molecule has 1 aliphatic heterocycles. The second-order valence-electron chi connectivity index (χ2n) is 7.19. The highest BCUT2D eigenvalue weighted by molar-refractivity contribution is 6.08. The molecule has 3 rings (SSSR count). The summed E-state index contributed by atoms with van der Waals surface area (Å²) in [7, 11) is 1.90. The number of fused-ring (bicyclic) bond motifs is 1. The van der Waals surface area contributed by atoms with Crippen LogP contribution in [0.5, 0.6) is 5.75 Å². The van der Waals surface area contributed by atoms with Crippen LogP contribution in [-0.2, 0) is 9.59 Å². The topological polar surface area (TPSA) is 87.7 Å². The largest absolute Gasteiger partial charge is 0.494 e. The van der Waals surface area contributed by atoms with Gasteiger partial charge in [-0.25, -0.2) is 0 Å². The molecule has 0 atom stereocenters. The van der Waals surface area contributed by atoms with Crippen molar-refractivity contribution in [2.75, 3.05) is 25.5 Å². The number of carbonyl (C=O) groups is 3. The standard InChI is InChI=1S/C20H27N3O4/c1-23(14-6-3-2-4-7-14)19(25)8-5-11-27-15-9-10-17-16(12-15)20(26)21-13-18(24)22-17/h9-10,12,14H,2-8,11,13H2,1H3,(H,21,26)(H,22,24). The molecular formula is C20H27N3O4. The van der Waals surface area contributed by atoms with Crippen molar-refractivity contribution in [3.8, 4) is 5.75 Å². The van der Waals surface area contributed by atoms with E-state index in [-0.39, 0.29) is 24.3 Å². The van der Waals surface area contributed by atoms with Crippen molar-refractivity contribution in [2.45, 2.75) is 51.0 Å². The Bertz CT molecular complexity index is 713. The SMILES string of the molecule is CN(C(=O)CCCOc1ccc2c(c1)C(=O)NCC(=O)N2)C1CCCCC1. The summed E-state index contributed by atoms with van der Waals surface area (Å²) in [6.45, 7) is 0.358. The Morgan fingerprint density at radius 3 is 2.78 bits per heavy atom. The van der Waals surface area contributed by atoms with E-state index < -0.39 is 0 Å². The summed E-state index contributed by atoms with van der Waals surface area (Å²) in [5.74, 6) is 0.150. The Morgan fingerprint density at radius 2 is 2.00 bits per heavy atom. The highest BCUT2D eigenvalue weighted by atomic mass is 16.5. The zero-order valence-electron chi connectivity index (χ0n) is 15.8. The van der Waals surface area contributed by atoms with Gasteiger partial charge in [0.1, 0.15) is 5.75 Å². The number of carbonyl (C=O) groups excluding carboxylic acids is 3. The number of hydrogen-bond donors (Lipinski definition) is 2. The van der Waals surface area contributed by atoms with Crippen LogP contribution in [0.2, 0.25) is 0 Å². The Hall–Kier alpha value is -2.57. The molecule has 0 saturated heterocycles. The minimum atomic E-state index is -0.307. The van der Waals surface area contributed by atoms with Gasteiger partial charge in [-0.1, -0.05) is 19.3 Å². The van der Waals surface area contributed by atoms with Crippen LogP contribution in [0.25, 0.3) is 0 Å². The van der Waals surface area contributed by atoms with E-state index in [1.165, 1.54) is 19.3 Å². The molecule has 3 amide bonds. The van der Waals surface area contributed by atoms with Crippen molar-refractivity contribution >= 4 is 23.4 Å².